The molecule has 0 spiro atoms. The number of benzene rings is 1. The third kappa shape index (κ3) is 2.85. The average molecular weight is 296 g/mol. The second kappa shape index (κ2) is 5.73. The number of rotatable bonds is 4. The first-order chi connectivity index (χ1) is 9.90. The van der Waals surface area contributed by atoms with E-state index in [9.17, 15) is 18.0 Å². The van der Waals surface area contributed by atoms with Gasteiger partial charge in [0.05, 0.1) is 17.9 Å². The summed E-state index contributed by atoms with van der Waals surface area (Å²) in [7, 11) is 0. The fraction of sp³-hybridized carbons (Fsp3) is 0.267. The molecule has 0 aliphatic carbocycles. The molecule has 2 rings (SSSR count). The highest BCUT2D eigenvalue weighted by molar-refractivity contribution is 5.83. The van der Waals surface area contributed by atoms with Crippen LogP contribution in [0, 0.1) is 6.92 Å². The quantitative estimate of drug-likeness (QED) is 0.942. The summed E-state index contributed by atoms with van der Waals surface area (Å²) in [4.78, 5) is 10.9. The van der Waals surface area contributed by atoms with Crippen LogP contribution in [-0.2, 0) is 17.5 Å². The smallest absolute Gasteiger partial charge is 0.395 e. The van der Waals surface area contributed by atoms with Crippen LogP contribution >= 0.6 is 0 Å². The van der Waals surface area contributed by atoms with Gasteiger partial charge in [-0.15, -0.1) is 0 Å². The molecule has 1 radical (unpaired) electrons. The Morgan fingerprint density at radius 1 is 1.29 bits per heavy atom. The summed E-state index contributed by atoms with van der Waals surface area (Å²) < 4.78 is 40.9. The van der Waals surface area contributed by atoms with E-state index in [2.05, 4.69) is 0 Å². The first-order valence-corrected chi connectivity index (χ1v) is 6.25. The van der Waals surface area contributed by atoms with Crippen molar-refractivity contribution in [2.75, 3.05) is 6.61 Å². The van der Waals surface area contributed by atoms with Crippen LogP contribution < -0.4 is 0 Å². The van der Waals surface area contributed by atoms with Crippen molar-refractivity contribution in [1.82, 2.24) is 4.57 Å². The summed E-state index contributed by atoms with van der Waals surface area (Å²) in [5, 5.41) is 9.05. The lowest BCUT2D eigenvalue weighted by atomic mass is 10.0. The lowest BCUT2D eigenvalue weighted by molar-refractivity contribution is -0.137. The highest BCUT2D eigenvalue weighted by atomic mass is 19.4. The molecule has 1 heterocycles. The monoisotopic (exact) mass is 296 g/mol. The average Bonchev–Trinajstić information content (AvgIpc) is 2.74. The molecule has 0 atom stereocenters. The van der Waals surface area contributed by atoms with E-state index in [1.807, 2.05) is 0 Å². The molecule has 0 aliphatic rings. The number of hydrogen-bond acceptors (Lipinski definition) is 2. The largest absolute Gasteiger partial charge is 0.417 e. The maximum absolute atomic E-state index is 13.1. The van der Waals surface area contributed by atoms with E-state index >= 15 is 0 Å². The first-order valence-electron chi connectivity index (χ1n) is 6.25. The minimum absolute atomic E-state index is 0.0162. The van der Waals surface area contributed by atoms with Gasteiger partial charge in [0.2, 0.25) is 6.29 Å². The molecule has 1 aromatic heterocycles. The van der Waals surface area contributed by atoms with E-state index < -0.39 is 11.7 Å². The van der Waals surface area contributed by atoms with Crippen molar-refractivity contribution in [2.45, 2.75) is 19.6 Å². The van der Waals surface area contributed by atoms with Crippen molar-refractivity contribution < 1.29 is 23.1 Å². The van der Waals surface area contributed by atoms with Crippen molar-refractivity contribution >= 4 is 6.29 Å². The molecule has 1 aromatic carbocycles. The number of aliphatic hydroxyl groups excluding tert-OH is 1. The van der Waals surface area contributed by atoms with Crippen LogP contribution in [0.4, 0.5) is 13.2 Å². The molecule has 111 valence electrons. The summed E-state index contributed by atoms with van der Waals surface area (Å²) in [6.45, 7) is 1.42. The van der Waals surface area contributed by atoms with E-state index in [4.69, 9.17) is 5.11 Å². The lowest BCUT2D eigenvalue weighted by Gasteiger charge is -2.15. The Bertz CT molecular complexity index is 659. The molecule has 0 unspecified atom stereocenters. The Morgan fingerprint density at radius 3 is 2.52 bits per heavy atom. The molecule has 0 amide bonds. The Morgan fingerprint density at radius 2 is 1.95 bits per heavy atom. The molecule has 21 heavy (non-hydrogen) atoms. The van der Waals surface area contributed by atoms with Gasteiger partial charge in [-0.25, -0.2) is 0 Å². The van der Waals surface area contributed by atoms with Crippen molar-refractivity contribution in [3.05, 3.63) is 47.2 Å². The highest BCUT2D eigenvalue weighted by Crippen LogP contribution is 2.38. The van der Waals surface area contributed by atoms with E-state index in [-0.39, 0.29) is 30.0 Å². The predicted molar refractivity (Wildman–Crippen MR) is 71.5 cm³/mol. The van der Waals surface area contributed by atoms with Crippen molar-refractivity contribution in [1.29, 1.82) is 0 Å². The lowest BCUT2D eigenvalue weighted by Crippen LogP contribution is -2.10. The van der Waals surface area contributed by atoms with Gasteiger partial charge in [0, 0.05) is 23.9 Å². The number of carbonyl (C=O) groups excluding carboxylic acids is 1. The van der Waals surface area contributed by atoms with Gasteiger partial charge in [-0.2, -0.15) is 13.2 Å². The van der Waals surface area contributed by atoms with Crippen LogP contribution in [0.1, 0.15) is 16.7 Å². The van der Waals surface area contributed by atoms with Gasteiger partial charge >= 0.3 is 6.18 Å². The molecule has 0 saturated heterocycles. The van der Waals surface area contributed by atoms with E-state index in [1.54, 1.807) is 13.2 Å². The zero-order valence-electron chi connectivity index (χ0n) is 11.2. The summed E-state index contributed by atoms with van der Waals surface area (Å²) in [6, 6.07) is 5.17. The molecule has 2 aromatic rings. The van der Waals surface area contributed by atoms with Crippen LogP contribution in [-0.4, -0.2) is 22.6 Å². The van der Waals surface area contributed by atoms with Gasteiger partial charge in [0.1, 0.15) is 0 Å². The first kappa shape index (κ1) is 15.3. The minimum Gasteiger partial charge on any atom is -0.395 e. The van der Waals surface area contributed by atoms with Crippen LogP contribution in [0.15, 0.2) is 30.5 Å². The summed E-state index contributed by atoms with van der Waals surface area (Å²) in [5.41, 5.74) is 0.0844. The van der Waals surface area contributed by atoms with Crippen LogP contribution in [0.3, 0.4) is 0 Å². The van der Waals surface area contributed by atoms with E-state index in [1.165, 1.54) is 29.0 Å². The van der Waals surface area contributed by atoms with Gasteiger partial charge in [0.15, 0.2) is 0 Å². The molecule has 3 nitrogen and oxygen atoms in total. The van der Waals surface area contributed by atoms with Crippen LogP contribution in [0.2, 0.25) is 0 Å². The standard InChI is InChI=1S/C15H13F3NO2/c1-10-11(9-21)8-19(6-7-20)14(10)12-4-2-3-5-13(12)15(16,17)18/h2-5,8,20H,6-7H2,1H3. The third-order valence-electron chi connectivity index (χ3n) is 3.27. The molecule has 0 aliphatic heterocycles. The number of aromatic nitrogens is 1. The molecule has 0 fully saturated rings. The number of aliphatic hydroxyl groups is 1. The van der Waals surface area contributed by atoms with Crippen molar-refractivity contribution in [3.8, 4) is 11.3 Å². The number of halogens is 3. The van der Waals surface area contributed by atoms with Gasteiger partial charge < -0.3 is 9.67 Å². The minimum atomic E-state index is -4.50. The van der Waals surface area contributed by atoms with E-state index in [0.717, 1.165) is 6.07 Å². The van der Waals surface area contributed by atoms with E-state index in [0.29, 0.717) is 5.56 Å². The van der Waals surface area contributed by atoms with Gasteiger partial charge in [-0.3, -0.25) is 4.79 Å². The topological polar surface area (TPSA) is 42.2 Å². The summed E-state index contributed by atoms with van der Waals surface area (Å²) in [5.74, 6) is 0. The van der Waals surface area contributed by atoms with Crippen molar-refractivity contribution in [2.24, 2.45) is 0 Å². The Balaban J connectivity index is 2.72. The normalized spacial score (nSPS) is 11.7. The second-order valence-electron chi connectivity index (χ2n) is 4.58. The summed E-state index contributed by atoms with van der Waals surface area (Å²) in [6.07, 6.45) is -1.39. The Kier molecular flexibility index (Phi) is 4.18. The number of hydrogen-bond donors (Lipinski definition) is 1. The fourth-order valence-electron chi connectivity index (χ4n) is 2.34. The maximum atomic E-state index is 13.1. The van der Waals surface area contributed by atoms with Crippen molar-refractivity contribution in [3.63, 3.8) is 0 Å². The maximum Gasteiger partial charge on any atom is 0.417 e. The predicted octanol–water partition coefficient (Wildman–Crippen LogP) is 2.93. The van der Waals surface area contributed by atoms with Gasteiger partial charge in [-0.1, -0.05) is 18.2 Å². The SMILES string of the molecule is Cc1c([C]=O)cn(CCO)c1-c1ccccc1C(F)(F)F. The number of alkyl halides is 3. The zero-order valence-corrected chi connectivity index (χ0v) is 11.2. The van der Waals surface area contributed by atoms with Crippen LogP contribution in [0.25, 0.3) is 11.3 Å². The summed E-state index contributed by atoms with van der Waals surface area (Å²) >= 11 is 0. The molecule has 1 N–H and O–H groups in total. The fourth-order valence-corrected chi connectivity index (χ4v) is 2.34. The molecule has 6 heteroatoms. The Hall–Kier alpha value is -2.08. The molecule has 0 bridgehead atoms. The van der Waals surface area contributed by atoms with Gasteiger partial charge in [0.25, 0.3) is 0 Å². The molecule has 0 saturated carbocycles. The Labute approximate surface area is 119 Å². The zero-order chi connectivity index (χ0) is 15.6. The van der Waals surface area contributed by atoms with Crippen LogP contribution in [0.5, 0.6) is 0 Å². The third-order valence-corrected chi connectivity index (χ3v) is 3.27. The van der Waals surface area contributed by atoms with Gasteiger partial charge in [-0.05, 0) is 18.6 Å². The highest BCUT2D eigenvalue weighted by Gasteiger charge is 2.34. The molecular weight excluding hydrogens is 283 g/mol. The number of nitrogens with zero attached hydrogens (tertiary/aromatic N) is 1. The molecular formula is C15H13F3NO2. The second-order valence-corrected chi connectivity index (χ2v) is 4.58.